The van der Waals surface area contributed by atoms with E-state index in [1.165, 1.54) is 25.2 Å². The molecule has 2 amide bonds. The summed E-state index contributed by atoms with van der Waals surface area (Å²) in [5.74, 6) is -0.918. The van der Waals surface area contributed by atoms with Crippen molar-refractivity contribution in [1.82, 2.24) is 10.2 Å². The highest BCUT2D eigenvalue weighted by molar-refractivity contribution is 7.92. The van der Waals surface area contributed by atoms with Crippen molar-refractivity contribution < 1.29 is 32.2 Å². The van der Waals surface area contributed by atoms with Crippen LogP contribution in [-0.4, -0.2) is 68.6 Å². The highest BCUT2D eigenvalue weighted by Gasteiger charge is 2.48. The van der Waals surface area contributed by atoms with Gasteiger partial charge in [-0.2, -0.15) is 4.76 Å². The second-order valence-electron chi connectivity index (χ2n) is 12.6. The summed E-state index contributed by atoms with van der Waals surface area (Å²) in [7, 11) is -6.22. The fourth-order valence-electron chi connectivity index (χ4n) is 4.69. The molecular weight excluding hydrogens is 569 g/mol. The van der Waals surface area contributed by atoms with E-state index in [9.17, 15) is 27.7 Å². The first kappa shape index (κ1) is 32.6. The normalized spacial score (nSPS) is 21.4. The second kappa shape index (κ2) is 11.8. The van der Waals surface area contributed by atoms with Crippen molar-refractivity contribution in [3.8, 4) is 0 Å². The molecule has 0 spiro atoms. The first-order chi connectivity index (χ1) is 18.8. The molecule has 2 atom stereocenters. The molecule has 3 rings (SSSR count). The Morgan fingerprint density at radius 1 is 1.22 bits per heavy atom. The third kappa shape index (κ3) is 7.90. The van der Waals surface area contributed by atoms with Gasteiger partial charge in [0.1, 0.15) is 11.3 Å². The lowest BCUT2D eigenvalue weighted by molar-refractivity contribution is -0.128. The summed E-state index contributed by atoms with van der Waals surface area (Å²) < 4.78 is 50.5. The number of hydrogen-bond donors (Lipinski definition) is 4. The van der Waals surface area contributed by atoms with Crippen molar-refractivity contribution in [2.45, 2.75) is 66.8 Å². The van der Waals surface area contributed by atoms with Gasteiger partial charge in [0, 0.05) is 25.7 Å². The second-order valence-corrected chi connectivity index (χ2v) is 16.4. The molecule has 14 heteroatoms. The molecule has 0 fully saturated rings. The van der Waals surface area contributed by atoms with E-state index in [0.29, 0.717) is 13.0 Å². The Morgan fingerprint density at radius 2 is 1.88 bits per heavy atom. The maximum absolute atomic E-state index is 14.3. The predicted molar refractivity (Wildman–Crippen MR) is 161 cm³/mol. The molecule has 0 bridgehead atoms. The van der Waals surface area contributed by atoms with Gasteiger partial charge in [0.05, 0.1) is 29.9 Å². The van der Waals surface area contributed by atoms with Crippen LogP contribution in [0.4, 0.5) is 11.4 Å². The molecule has 1 aromatic carbocycles. The number of amidine groups is 1. The minimum Gasteiger partial charge on any atom is -0.509 e. The summed E-state index contributed by atoms with van der Waals surface area (Å²) in [6, 6.07) is 3.71. The molecule has 12 nitrogen and oxygen atoms in total. The van der Waals surface area contributed by atoms with Gasteiger partial charge < -0.3 is 25.2 Å². The molecule has 0 aromatic heterocycles. The summed E-state index contributed by atoms with van der Waals surface area (Å²) in [6.45, 7) is 12.3. The summed E-state index contributed by atoms with van der Waals surface area (Å²) in [6.07, 6.45) is 2.07. The number of aliphatic hydroxyl groups is 1. The number of rotatable bonds is 10. The first-order valence-corrected chi connectivity index (χ1v) is 16.9. The molecule has 2 unspecified atom stereocenters. The molecule has 2 heterocycles. The van der Waals surface area contributed by atoms with Crippen molar-refractivity contribution in [3.05, 3.63) is 29.5 Å². The average molecular weight is 612 g/mol. The van der Waals surface area contributed by atoms with Crippen LogP contribution in [0.3, 0.4) is 0 Å². The van der Waals surface area contributed by atoms with E-state index < -0.39 is 34.9 Å². The number of anilines is 2. The van der Waals surface area contributed by atoms with Crippen molar-refractivity contribution >= 4 is 51.9 Å². The number of fused-ring (bicyclic) bond motifs is 1. The number of carbonyl (C=O) groups excluding carboxylic acids is 2. The first-order valence-electron chi connectivity index (χ1n) is 13.4. The number of benzene rings is 1. The largest absolute Gasteiger partial charge is 0.509 e. The Balaban J connectivity index is 2.08. The lowest BCUT2D eigenvalue weighted by atomic mass is 9.84. The van der Waals surface area contributed by atoms with Gasteiger partial charge in [-0.15, -0.1) is 0 Å². The number of aliphatic hydroxyl groups excluding tert-OH is 1. The third-order valence-electron chi connectivity index (χ3n) is 6.64. The maximum atomic E-state index is 14.3. The highest BCUT2D eigenvalue weighted by atomic mass is 32.2. The Kier molecular flexibility index (Phi) is 9.37. The van der Waals surface area contributed by atoms with E-state index in [1.807, 2.05) is 20.8 Å². The van der Waals surface area contributed by atoms with Gasteiger partial charge in [-0.25, -0.2) is 8.42 Å². The van der Waals surface area contributed by atoms with Gasteiger partial charge in [0.15, 0.2) is 5.84 Å². The molecule has 4 N–H and O–H groups in total. The van der Waals surface area contributed by atoms with Crippen LogP contribution in [0.15, 0.2) is 34.3 Å². The zero-order valence-electron chi connectivity index (χ0n) is 25.0. The smallest absolute Gasteiger partial charge is 0.348 e. The van der Waals surface area contributed by atoms with E-state index in [-0.39, 0.29) is 64.6 Å². The van der Waals surface area contributed by atoms with Crippen LogP contribution in [0.1, 0.15) is 60.8 Å². The van der Waals surface area contributed by atoms with Gasteiger partial charge in [-0.05, 0) is 41.9 Å². The lowest BCUT2D eigenvalue weighted by Crippen LogP contribution is -2.45. The lowest BCUT2D eigenvalue weighted by Gasteiger charge is -2.36. The fraction of sp³-hybridized carbons (Fsp3) is 0.593. The number of carbonyl (C=O) groups is 2. The molecule has 0 aliphatic carbocycles. The van der Waals surface area contributed by atoms with Crippen molar-refractivity contribution in [1.29, 1.82) is 0 Å². The van der Waals surface area contributed by atoms with Gasteiger partial charge in [-0.3, -0.25) is 18.9 Å². The monoisotopic (exact) mass is 611 g/mol. The standard InChI is InChI=1S/C27H42N5O7PS/c1-26(2,3)13-14-32-23(27(4,5)6)22(34)21(25(32)35)24-29-18-12-11-17(31-41(8,37)38)16-19(18)40(36,30-24)39-15-9-10-20(33)28-7/h11-12,16,23,31,34H,9-10,13-15H2,1-8H3,(H,28,33)(H,29,30,36). The molecule has 0 saturated carbocycles. The fourth-order valence-corrected chi connectivity index (χ4v) is 7.07. The topological polar surface area (TPSA) is 166 Å². The van der Waals surface area contributed by atoms with Crippen LogP contribution in [-0.2, 0) is 28.7 Å². The van der Waals surface area contributed by atoms with Crippen LogP contribution >= 0.6 is 7.52 Å². The molecule has 2 aliphatic heterocycles. The maximum Gasteiger partial charge on any atom is 0.348 e. The number of sulfonamides is 1. The SMILES string of the molecule is CNC(=O)CCCOP1(=O)N=C(C2=C(O)C(C(C)(C)C)N(CCC(C)(C)C)C2=O)Nc2ccc(NS(C)(=O)=O)cc21. The summed E-state index contributed by atoms with van der Waals surface area (Å²) in [4.78, 5) is 27.1. The number of amides is 2. The Hall–Kier alpha value is -2.89. The summed E-state index contributed by atoms with van der Waals surface area (Å²) in [5, 5.41) is 17.1. The number of nitrogens with zero attached hydrogens (tertiary/aromatic N) is 2. The van der Waals surface area contributed by atoms with E-state index in [1.54, 1.807) is 4.90 Å². The van der Waals surface area contributed by atoms with Crippen LogP contribution < -0.4 is 20.7 Å². The van der Waals surface area contributed by atoms with Crippen molar-refractivity contribution in [2.24, 2.45) is 15.6 Å². The summed E-state index contributed by atoms with van der Waals surface area (Å²) in [5.41, 5.74) is -0.217. The predicted octanol–water partition coefficient (Wildman–Crippen LogP) is 3.75. The Labute approximate surface area is 242 Å². The molecule has 2 aliphatic rings. The van der Waals surface area contributed by atoms with E-state index >= 15 is 0 Å². The van der Waals surface area contributed by atoms with Gasteiger partial charge in [0.2, 0.25) is 15.9 Å². The molecular formula is C27H42N5O7PS. The van der Waals surface area contributed by atoms with Crippen LogP contribution in [0.2, 0.25) is 0 Å². The Morgan fingerprint density at radius 3 is 2.44 bits per heavy atom. The third-order valence-corrected chi connectivity index (χ3v) is 9.23. The van der Waals surface area contributed by atoms with E-state index in [2.05, 4.69) is 40.9 Å². The van der Waals surface area contributed by atoms with Crippen molar-refractivity contribution in [3.63, 3.8) is 0 Å². The van der Waals surface area contributed by atoms with Gasteiger partial charge in [-0.1, -0.05) is 41.5 Å². The van der Waals surface area contributed by atoms with Crippen molar-refractivity contribution in [2.75, 3.05) is 36.5 Å². The summed E-state index contributed by atoms with van der Waals surface area (Å²) >= 11 is 0. The molecule has 0 saturated heterocycles. The van der Waals surface area contributed by atoms with Crippen LogP contribution in [0.25, 0.3) is 0 Å². The quantitative estimate of drug-likeness (QED) is 0.229. The molecule has 228 valence electrons. The zero-order valence-corrected chi connectivity index (χ0v) is 26.7. The zero-order chi connectivity index (χ0) is 31.0. The number of hydrogen-bond acceptors (Lipinski definition) is 8. The molecule has 1 aromatic rings. The number of nitrogens with one attached hydrogen (secondary N) is 3. The van der Waals surface area contributed by atoms with E-state index in [0.717, 1.165) is 6.26 Å². The molecule has 41 heavy (non-hydrogen) atoms. The van der Waals surface area contributed by atoms with Gasteiger partial charge in [0.25, 0.3) is 5.91 Å². The minimum atomic E-state index is -4.11. The van der Waals surface area contributed by atoms with E-state index in [4.69, 9.17) is 4.52 Å². The van der Waals surface area contributed by atoms with Gasteiger partial charge >= 0.3 is 7.52 Å². The minimum absolute atomic E-state index is 0.0590. The average Bonchev–Trinajstić information content (AvgIpc) is 3.08. The Bertz CT molecular complexity index is 1420. The molecule has 0 radical (unpaired) electrons. The highest BCUT2D eigenvalue weighted by Crippen LogP contribution is 2.53. The van der Waals surface area contributed by atoms with Crippen LogP contribution in [0.5, 0.6) is 0 Å². The van der Waals surface area contributed by atoms with Crippen LogP contribution in [0, 0.1) is 10.8 Å².